The zero-order valence-electron chi connectivity index (χ0n) is 20.5. The number of benzene rings is 4. The summed E-state index contributed by atoms with van der Waals surface area (Å²) in [5.74, 6) is -10.7. The van der Waals surface area contributed by atoms with Crippen molar-refractivity contribution in [1.82, 2.24) is 0 Å². The van der Waals surface area contributed by atoms with Crippen LogP contribution in [0, 0.1) is 29.1 Å². The molecule has 0 aromatic heterocycles. The molecule has 0 unspecified atom stereocenters. The van der Waals surface area contributed by atoms with Crippen molar-refractivity contribution < 1.29 is 52.6 Å². The van der Waals surface area contributed by atoms with Crippen LogP contribution in [-0.2, 0) is 26.3 Å². The van der Waals surface area contributed by atoms with Crippen LogP contribution in [0.5, 0.6) is 11.5 Å². The van der Waals surface area contributed by atoms with Gasteiger partial charge in [-0.15, -0.1) is 0 Å². The monoisotopic (exact) mass is 657 g/mol. The van der Waals surface area contributed by atoms with Crippen LogP contribution in [-0.4, -0.2) is 18.4 Å². The Morgan fingerprint density at radius 3 is 1.67 bits per heavy atom. The maximum absolute atomic E-state index is 14.1. The molecule has 1 N–H and O–H groups in total. The first kappa shape index (κ1) is 30.8. The first-order valence-electron chi connectivity index (χ1n) is 11.2. The van der Waals surface area contributed by atoms with Gasteiger partial charge in [-0.05, 0) is 30.2 Å². The van der Waals surface area contributed by atoms with Gasteiger partial charge in [0.05, 0.1) is 7.11 Å². The Morgan fingerprint density at radius 1 is 0.795 bits per heavy atom. The molecule has 11 heteroatoms. The van der Waals surface area contributed by atoms with Crippen LogP contribution >= 0.6 is 17.0 Å². The molecule has 0 saturated heterocycles. The summed E-state index contributed by atoms with van der Waals surface area (Å²) in [4.78, 5) is 3.51. The number of hydrogen-bond acceptors (Lipinski definition) is 3. The van der Waals surface area contributed by atoms with Crippen molar-refractivity contribution in [3.8, 4) is 11.5 Å². The summed E-state index contributed by atoms with van der Waals surface area (Å²) >= 11 is -0.826. The molecule has 0 bridgehead atoms. The van der Waals surface area contributed by atoms with E-state index in [1.54, 1.807) is 6.07 Å². The maximum atomic E-state index is 14.1. The molecule has 4 aromatic rings. The van der Waals surface area contributed by atoms with Crippen molar-refractivity contribution in [2.75, 3.05) is 7.11 Å². The van der Waals surface area contributed by atoms with Crippen LogP contribution in [0.25, 0.3) is 0 Å². The standard InChI is InChI=1S/C28H20F5NO2.2ClH.Zr/c1-28(17-9-5-3-6-10-17,18-11-7-4-8-12-18)20-14-19(36-2)13-16(27(20)35)15-34-26-24(32)22(30)21(29)23(31)25(26)33;;;/h3-15,35H,1-2H3;2*1H;/q;;;+2/p-2. The van der Waals surface area contributed by atoms with E-state index < -0.39 is 61.0 Å². The Labute approximate surface area is 240 Å². The van der Waals surface area contributed by atoms with E-state index in [2.05, 4.69) is 4.99 Å². The zero-order chi connectivity index (χ0) is 28.7. The third kappa shape index (κ3) is 6.37. The van der Waals surface area contributed by atoms with Crippen LogP contribution in [0.1, 0.15) is 29.2 Å². The van der Waals surface area contributed by atoms with Gasteiger partial charge < -0.3 is 9.84 Å². The zero-order valence-corrected chi connectivity index (χ0v) is 24.4. The van der Waals surface area contributed by atoms with Crippen molar-refractivity contribution in [1.29, 1.82) is 0 Å². The Hall–Kier alpha value is -2.74. The molecule has 0 amide bonds. The molecule has 0 radical (unpaired) electrons. The molecule has 4 aromatic carbocycles. The quantitative estimate of drug-likeness (QED) is 0.0741. The number of halogens is 7. The van der Waals surface area contributed by atoms with Gasteiger partial charge in [0, 0.05) is 22.8 Å². The number of methoxy groups -OCH3 is 1. The van der Waals surface area contributed by atoms with Gasteiger partial charge in [0.25, 0.3) is 0 Å². The molecule has 39 heavy (non-hydrogen) atoms. The third-order valence-electron chi connectivity index (χ3n) is 6.11. The fourth-order valence-electron chi connectivity index (χ4n) is 4.09. The first-order chi connectivity index (χ1) is 18.6. The van der Waals surface area contributed by atoms with Crippen molar-refractivity contribution in [3.63, 3.8) is 0 Å². The van der Waals surface area contributed by atoms with E-state index in [1.807, 2.05) is 67.6 Å². The fourth-order valence-corrected chi connectivity index (χ4v) is 4.09. The molecule has 202 valence electrons. The topological polar surface area (TPSA) is 41.8 Å². The number of ether oxygens (including phenoxy) is 1. The van der Waals surface area contributed by atoms with E-state index in [4.69, 9.17) is 21.8 Å². The number of phenols is 1. The predicted octanol–water partition coefficient (Wildman–Crippen LogP) is 8.58. The average Bonchev–Trinajstić information content (AvgIpc) is 2.96. The van der Waals surface area contributed by atoms with Crippen molar-refractivity contribution in [2.24, 2.45) is 4.99 Å². The van der Waals surface area contributed by atoms with Gasteiger partial charge in [0.2, 0.25) is 5.82 Å². The number of rotatable bonds is 6. The van der Waals surface area contributed by atoms with E-state index in [-0.39, 0.29) is 17.1 Å². The summed E-state index contributed by atoms with van der Waals surface area (Å²) in [6, 6.07) is 21.6. The molecule has 0 atom stereocenters. The van der Waals surface area contributed by atoms with Gasteiger partial charge in [-0.2, -0.15) is 0 Å². The van der Waals surface area contributed by atoms with Gasteiger partial charge in [0.1, 0.15) is 17.2 Å². The second-order valence-corrected chi connectivity index (χ2v) is 11.9. The molecular weight excluding hydrogens is 639 g/mol. The second kappa shape index (κ2) is 13.6. The molecule has 0 aliphatic carbocycles. The van der Waals surface area contributed by atoms with Crippen LogP contribution < -0.4 is 4.74 Å². The number of hydrogen-bond donors (Lipinski definition) is 1. The molecule has 3 nitrogen and oxygen atoms in total. The number of phenolic OH excluding ortho intramolecular Hbond substituents is 1. The number of nitrogens with zero attached hydrogens (tertiary/aromatic N) is 1. The summed E-state index contributed by atoms with van der Waals surface area (Å²) in [5, 5.41) is 11.3. The molecule has 4 rings (SSSR count). The van der Waals surface area contributed by atoms with Gasteiger partial charge >= 0.3 is 37.9 Å². The Kier molecular flexibility index (Phi) is 10.7. The minimum absolute atomic E-state index is 0.0496. The van der Waals surface area contributed by atoms with Crippen LogP contribution in [0.4, 0.5) is 27.6 Å². The van der Waals surface area contributed by atoms with Crippen LogP contribution in [0.3, 0.4) is 0 Å². The molecule has 0 fully saturated rings. The summed E-state index contributed by atoms with van der Waals surface area (Å²) in [6.45, 7) is 1.89. The number of aliphatic imine (C=N–C) groups is 1. The molecule has 0 aliphatic heterocycles. The molecule has 0 heterocycles. The molecule has 0 aliphatic rings. The van der Waals surface area contributed by atoms with Crippen LogP contribution in [0.2, 0.25) is 0 Å². The van der Waals surface area contributed by atoms with Crippen molar-refractivity contribution in [3.05, 3.63) is 124 Å². The Bertz CT molecular complexity index is 1410. The summed E-state index contributed by atoms with van der Waals surface area (Å²) in [6.07, 6.45) is 0.829. The van der Waals surface area contributed by atoms with Crippen molar-refractivity contribution in [2.45, 2.75) is 12.3 Å². The van der Waals surface area contributed by atoms with E-state index in [0.29, 0.717) is 5.56 Å². The average molecular weight is 660 g/mol. The molecule has 0 saturated carbocycles. The Morgan fingerprint density at radius 2 is 1.23 bits per heavy atom. The Balaban J connectivity index is 0.00000134. The van der Waals surface area contributed by atoms with Gasteiger partial charge in [0.15, 0.2) is 23.3 Å². The van der Waals surface area contributed by atoms with E-state index in [1.165, 1.54) is 13.2 Å². The van der Waals surface area contributed by atoms with Gasteiger partial charge in [-0.1, -0.05) is 60.7 Å². The number of aromatic hydroxyl groups is 1. The predicted molar refractivity (Wildman–Crippen MR) is 138 cm³/mol. The van der Waals surface area contributed by atoms with E-state index in [9.17, 15) is 27.1 Å². The summed E-state index contributed by atoms with van der Waals surface area (Å²) < 4.78 is 74.3. The van der Waals surface area contributed by atoms with E-state index >= 15 is 0 Å². The first-order valence-corrected chi connectivity index (χ1v) is 17.5. The van der Waals surface area contributed by atoms with Gasteiger partial charge in [-0.25, -0.2) is 26.9 Å². The molecule has 0 spiro atoms. The molecular formula is C28H20Cl2F5NO2Zr. The normalized spacial score (nSPS) is 11.2. The van der Waals surface area contributed by atoms with E-state index in [0.717, 1.165) is 17.3 Å². The minimum atomic E-state index is -2.28. The fraction of sp³-hybridized carbons (Fsp3) is 0.107. The van der Waals surface area contributed by atoms with Crippen molar-refractivity contribution >= 4 is 28.9 Å². The summed E-state index contributed by atoms with van der Waals surface area (Å²) in [5.41, 5.74) is -0.327. The van der Waals surface area contributed by atoms with Gasteiger partial charge in [-0.3, -0.25) is 0 Å². The van der Waals surface area contributed by atoms with Crippen LogP contribution in [0.15, 0.2) is 77.8 Å². The SMILES string of the molecule is COc1cc(C=Nc2c(F)c(F)c(F)c(F)c2F)c(O)c(C(C)(c2ccccc2)c2ccccc2)c1.[Cl][Zr][Cl]. The summed E-state index contributed by atoms with van der Waals surface area (Å²) in [7, 11) is 11.3. The second-order valence-electron chi connectivity index (χ2n) is 8.22. The third-order valence-corrected chi connectivity index (χ3v) is 6.11.